The SMILES string of the molecule is COCC1CCCN(CCCOc2cccc(CN)c2)C1. The number of hydrogen-bond donors (Lipinski definition) is 1. The molecule has 0 aliphatic carbocycles. The molecule has 0 spiro atoms. The van der Waals surface area contributed by atoms with Crippen LogP contribution in [0.1, 0.15) is 24.8 Å². The van der Waals surface area contributed by atoms with Crippen molar-refractivity contribution in [3.63, 3.8) is 0 Å². The molecule has 118 valence electrons. The van der Waals surface area contributed by atoms with Crippen molar-refractivity contribution < 1.29 is 9.47 Å². The molecule has 1 aliphatic heterocycles. The van der Waals surface area contributed by atoms with Crippen LogP contribution in [0.15, 0.2) is 24.3 Å². The van der Waals surface area contributed by atoms with E-state index in [4.69, 9.17) is 15.2 Å². The lowest BCUT2D eigenvalue weighted by molar-refractivity contribution is 0.0879. The van der Waals surface area contributed by atoms with Gasteiger partial charge in [-0.2, -0.15) is 0 Å². The van der Waals surface area contributed by atoms with Crippen LogP contribution in [-0.4, -0.2) is 44.9 Å². The molecule has 0 saturated carbocycles. The Morgan fingerprint density at radius 3 is 3.10 bits per heavy atom. The largest absolute Gasteiger partial charge is 0.494 e. The van der Waals surface area contributed by atoms with Gasteiger partial charge in [0.25, 0.3) is 0 Å². The first-order valence-electron chi connectivity index (χ1n) is 7.95. The Kier molecular flexibility index (Phi) is 7.00. The summed E-state index contributed by atoms with van der Waals surface area (Å²) in [5.41, 5.74) is 6.75. The van der Waals surface area contributed by atoms with Gasteiger partial charge >= 0.3 is 0 Å². The molecule has 4 nitrogen and oxygen atoms in total. The third kappa shape index (κ3) is 5.65. The number of nitrogens with two attached hydrogens (primary N) is 1. The first-order valence-corrected chi connectivity index (χ1v) is 7.95. The Morgan fingerprint density at radius 2 is 2.29 bits per heavy atom. The van der Waals surface area contributed by atoms with E-state index in [0.717, 1.165) is 44.0 Å². The first-order chi connectivity index (χ1) is 10.3. The predicted octanol–water partition coefficient (Wildman–Crippen LogP) is 2.27. The number of hydrogen-bond acceptors (Lipinski definition) is 4. The average Bonchev–Trinajstić information content (AvgIpc) is 2.52. The Balaban J connectivity index is 1.64. The number of ether oxygens (including phenoxy) is 2. The summed E-state index contributed by atoms with van der Waals surface area (Å²) in [6.07, 6.45) is 3.65. The van der Waals surface area contributed by atoms with Crippen molar-refractivity contribution in [1.29, 1.82) is 0 Å². The minimum Gasteiger partial charge on any atom is -0.494 e. The average molecular weight is 292 g/mol. The van der Waals surface area contributed by atoms with E-state index in [1.165, 1.54) is 19.4 Å². The van der Waals surface area contributed by atoms with Crippen LogP contribution in [0.4, 0.5) is 0 Å². The Hall–Kier alpha value is -1.10. The van der Waals surface area contributed by atoms with Gasteiger partial charge in [0.15, 0.2) is 0 Å². The highest BCUT2D eigenvalue weighted by molar-refractivity contribution is 5.28. The molecule has 0 aromatic heterocycles. The van der Waals surface area contributed by atoms with Crippen LogP contribution in [0, 0.1) is 5.92 Å². The highest BCUT2D eigenvalue weighted by Crippen LogP contribution is 2.17. The zero-order chi connectivity index (χ0) is 14.9. The summed E-state index contributed by atoms with van der Waals surface area (Å²) in [5.74, 6) is 1.62. The smallest absolute Gasteiger partial charge is 0.119 e. The molecule has 2 N–H and O–H groups in total. The predicted molar refractivity (Wildman–Crippen MR) is 85.5 cm³/mol. The molecule has 1 atom stereocenters. The van der Waals surface area contributed by atoms with E-state index in [-0.39, 0.29) is 0 Å². The third-order valence-corrected chi connectivity index (χ3v) is 4.03. The monoisotopic (exact) mass is 292 g/mol. The van der Waals surface area contributed by atoms with Crippen LogP contribution in [0.2, 0.25) is 0 Å². The maximum absolute atomic E-state index is 5.81. The van der Waals surface area contributed by atoms with E-state index >= 15 is 0 Å². The molecule has 1 heterocycles. The highest BCUT2D eigenvalue weighted by atomic mass is 16.5. The minimum absolute atomic E-state index is 0.561. The fourth-order valence-corrected chi connectivity index (χ4v) is 2.97. The van der Waals surface area contributed by atoms with Gasteiger partial charge in [-0.05, 0) is 49.4 Å². The van der Waals surface area contributed by atoms with Crippen molar-refractivity contribution in [2.24, 2.45) is 11.7 Å². The number of likely N-dealkylation sites (tertiary alicyclic amines) is 1. The van der Waals surface area contributed by atoms with Crippen molar-refractivity contribution in [2.75, 3.05) is 40.0 Å². The standard InChI is InChI=1S/C17H28N2O2/c1-20-14-16-6-3-8-19(13-16)9-4-10-21-17-7-2-5-15(11-17)12-18/h2,5,7,11,16H,3-4,6,8-10,12-14,18H2,1H3. The highest BCUT2D eigenvalue weighted by Gasteiger charge is 2.19. The fourth-order valence-electron chi connectivity index (χ4n) is 2.97. The van der Waals surface area contributed by atoms with E-state index < -0.39 is 0 Å². The van der Waals surface area contributed by atoms with Crippen molar-refractivity contribution in [2.45, 2.75) is 25.8 Å². The quantitative estimate of drug-likeness (QED) is 0.747. The summed E-state index contributed by atoms with van der Waals surface area (Å²) in [7, 11) is 1.79. The molecule has 1 aromatic carbocycles. The van der Waals surface area contributed by atoms with Gasteiger partial charge in [-0.1, -0.05) is 12.1 Å². The van der Waals surface area contributed by atoms with Crippen LogP contribution in [-0.2, 0) is 11.3 Å². The van der Waals surface area contributed by atoms with Gasteiger partial charge < -0.3 is 20.1 Å². The van der Waals surface area contributed by atoms with E-state index in [9.17, 15) is 0 Å². The van der Waals surface area contributed by atoms with Gasteiger partial charge in [-0.3, -0.25) is 0 Å². The van der Waals surface area contributed by atoms with Gasteiger partial charge in [0.2, 0.25) is 0 Å². The summed E-state index contributed by atoms with van der Waals surface area (Å²) in [5, 5.41) is 0. The van der Waals surface area contributed by atoms with Gasteiger partial charge in [-0.15, -0.1) is 0 Å². The fraction of sp³-hybridized carbons (Fsp3) is 0.647. The molecular weight excluding hydrogens is 264 g/mol. The zero-order valence-electron chi connectivity index (χ0n) is 13.1. The van der Waals surface area contributed by atoms with Crippen LogP contribution < -0.4 is 10.5 Å². The van der Waals surface area contributed by atoms with Crippen molar-refractivity contribution in [1.82, 2.24) is 4.90 Å². The zero-order valence-corrected chi connectivity index (χ0v) is 13.1. The lowest BCUT2D eigenvalue weighted by atomic mass is 9.99. The molecule has 0 radical (unpaired) electrons. The van der Waals surface area contributed by atoms with E-state index in [2.05, 4.69) is 4.90 Å². The summed E-state index contributed by atoms with van der Waals surface area (Å²) < 4.78 is 11.1. The molecule has 1 aromatic rings. The molecular formula is C17H28N2O2. The van der Waals surface area contributed by atoms with E-state index in [1.807, 2.05) is 24.3 Å². The maximum atomic E-state index is 5.81. The normalized spacial score (nSPS) is 19.6. The number of nitrogens with zero attached hydrogens (tertiary/aromatic N) is 1. The van der Waals surface area contributed by atoms with Crippen molar-refractivity contribution >= 4 is 0 Å². The van der Waals surface area contributed by atoms with Crippen molar-refractivity contribution in [3.8, 4) is 5.75 Å². The van der Waals surface area contributed by atoms with Gasteiger partial charge in [-0.25, -0.2) is 0 Å². The molecule has 21 heavy (non-hydrogen) atoms. The van der Waals surface area contributed by atoms with Crippen LogP contribution in [0.3, 0.4) is 0 Å². The van der Waals surface area contributed by atoms with Gasteiger partial charge in [0.05, 0.1) is 13.2 Å². The van der Waals surface area contributed by atoms with Crippen LogP contribution in [0.25, 0.3) is 0 Å². The second-order valence-corrected chi connectivity index (χ2v) is 5.82. The molecule has 2 rings (SSSR count). The second kappa shape index (κ2) is 9.03. The summed E-state index contributed by atoms with van der Waals surface area (Å²) >= 11 is 0. The topological polar surface area (TPSA) is 47.7 Å². The summed E-state index contributed by atoms with van der Waals surface area (Å²) in [6, 6.07) is 8.04. The van der Waals surface area contributed by atoms with E-state index in [0.29, 0.717) is 12.5 Å². The first kappa shape index (κ1) is 16.3. The third-order valence-electron chi connectivity index (χ3n) is 4.03. The Bertz CT molecular complexity index is 410. The van der Waals surface area contributed by atoms with Crippen molar-refractivity contribution in [3.05, 3.63) is 29.8 Å². The molecule has 1 aliphatic rings. The number of rotatable bonds is 8. The molecule has 1 fully saturated rings. The van der Waals surface area contributed by atoms with Crippen LogP contribution >= 0.6 is 0 Å². The minimum atomic E-state index is 0.561. The lowest BCUT2D eigenvalue weighted by Gasteiger charge is -2.32. The second-order valence-electron chi connectivity index (χ2n) is 5.82. The number of methoxy groups -OCH3 is 1. The molecule has 4 heteroatoms. The maximum Gasteiger partial charge on any atom is 0.119 e. The van der Waals surface area contributed by atoms with E-state index in [1.54, 1.807) is 7.11 Å². The summed E-state index contributed by atoms with van der Waals surface area (Å²) in [6.45, 7) is 5.69. The van der Waals surface area contributed by atoms with Gasteiger partial charge in [0, 0.05) is 26.7 Å². The molecule has 1 saturated heterocycles. The Labute approximate surface area is 128 Å². The Morgan fingerprint density at radius 1 is 1.38 bits per heavy atom. The number of benzene rings is 1. The molecule has 0 bridgehead atoms. The lowest BCUT2D eigenvalue weighted by Crippen LogP contribution is -2.38. The summed E-state index contributed by atoms with van der Waals surface area (Å²) in [4.78, 5) is 2.53. The van der Waals surface area contributed by atoms with Gasteiger partial charge in [0.1, 0.15) is 5.75 Å². The molecule has 0 amide bonds. The molecule has 1 unspecified atom stereocenters. The number of piperidine rings is 1. The van der Waals surface area contributed by atoms with Crippen LogP contribution in [0.5, 0.6) is 5.75 Å².